The highest BCUT2D eigenvalue weighted by Gasteiger charge is 2.28. The van der Waals surface area contributed by atoms with Gasteiger partial charge in [0.25, 0.3) is 10.0 Å². The van der Waals surface area contributed by atoms with E-state index in [1.807, 2.05) is 0 Å². The first kappa shape index (κ1) is 23.3. The zero-order valence-corrected chi connectivity index (χ0v) is 20.0. The molecule has 2 heterocycles. The third-order valence-electron chi connectivity index (χ3n) is 4.84. The minimum absolute atomic E-state index is 0.0959. The van der Waals surface area contributed by atoms with Crippen molar-refractivity contribution in [2.45, 2.75) is 11.8 Å². The highest BCUT2D eigenvalue weighted by atomic mass is 32.2. The number of hydrogen-bond acceptors (Lipinski definition) is 9. The Bertz CT molecular complexity index is 1500. The van der Waals surface area contributed by atoms with Crippen LogP contribution in [0, 0.1) is 6.92 Å². The summed E-state index contributed by atoms with van der Waals surface area (Å²) in [6.45, 7) is 1.53. The van der Waals surface area contributed by atoms with E-state index in [-0.39, 0.29) is 21.4 Å². The number of thiophene rings is 1. The van der Waals surface area contributed by atoms with Gasteiger partial charge in [0.1, 0.15) is 21.3 Å². The first-order chi connectivity index (χ1) is 16.2. The van der Waals surface area contributed by atoms with Crippen LogP contribution in [0.4, 0.5) is 17.3 Å². The minimum Gasteiger partial charge on any atom is -0.497 e. The third kappa shape index (κ3) is 4.45. The lowest BCUT2D eigenvalue weighted by Crippen LogP contribution is -2.18. The van der Waals surface area contributed by atoms with E-state index >= 15 is 0 Å². The first-order valence-corrected chi connectivity index (χ1v) is 12.2. The topological polar surface area (TPSA) is 140 Å². The van der Waals surface area contributed by atoms with E-state index < -0.39 is 16.0 Å². The van der Waals surface area contributed by atoms with E-state index in [1.165, 1.54) is 26.5 Å². The maximum absolute atomic E-state index is 13.3. The van der Waals surface area contributed by atoms with Crippen LogP contribution in [0.5, 0.6) is 11.5 Å². The number of anilines is 3. The van der Waals surface area contributed by atoms with Crippen molar-refractivity contribution in [1.82, 2.24) is 9.97 Å². The molecule has 2 aromatic carbocycles. The number of ether oxygens (including phenoxy) is 2. The summed E-state index contributed by atoms with van der Waals surface area (Å²) in [5, 5.41) is 14.0. The Morgan fingerprint density at radius 1 is 1.03 bits per heavy atom. The molecule has 0 saturated carbocycles. The summed E-state index contributed by atoms with van der Waals surface area (Å²) < 4.78 is 39.6. The van der Waals surface area contributed by atoms with Crippen molar-refractivity contribution in [3.63, 3.8) is 0 Å². The summed E-state index contributed by atoms with van der Waals surface area (Å²) in [5.74, 6) is -0.336. The van der Waals surface area contributed by atoms with Crippen LogP contribution < -0.4 is 19.5 Å². The first-order valence-electron chi connectivity index (χ1n) is 9.83. The summed E-state index contributed by atoms with van der Waals surface area (Å²) >= 11 is 0.839. The number of benzene rings is 2. The van der Waals surface area contributed by atoms with Gasteiger partial charge in [-0.05, 0) is 42.1 Å². The number of methoxy groups -OCH3 is 2. The molecule has 0 fully saturated rings. The Kier molecular flexibility index (Phi) is 6.26. The fraction of sp³-hybridized carbons (Fsp3) is 0.136. The Morgan fingerprint density at radius 2 is 1.71 bits per heavy atom. The van der Waals surface area contributed by atoms with Crippen molar-refractivity contribution < 1.29 is 27.8 Å². The number of nitrogens with zero attached hydrogens (tertiary/aromatic N) is 2. The molecule has 2 aromatic heterocycles. The van der Waals surface area contributed by atoms with Crippen LogP contribution in [0.25, 0.3) is 11.0 Å². The van der Waals surface area contributed by atoms with Gasteiger partial charge >= 0.3 is 5.97 Å². The number of aromatic carboxylic acids is 1. The predicted molar refractivity (Wildman–Crippen MR) is 129 cm³/mol. The molecule has 0 spiro atoms. The Balaban J connectivity index is 1.84. The van der Waals surface area contributed by atoms with Gasteiger partial charge in [-0.2, -0.15) is 0 Å². The summed E-state index contributed by atoms with van der Waals surface area (Å²) in [4.78, 5) is 20.0. The summed E-state index contributed by atoms with van der Waals surface area (Å²) in [6, 6.07) is 12.0. The number of sulfonamides is 1. The average molecular weight is 501 g/mol. The molecule has 0 bridgehead atoms. The van der Waals surface area contributed by atoms with Crippen LogP contribution in [0.2, 0.25) is 0 Å². The molecule has 4 aromatic rings. The van der Waals surface area contributed by atoms with Crippen molar-refractivity contribution in [3.05, 3.63) is 58.3 Å². The van der Waals surface area contributed by atoms with Crippen molar-refractivity contribution in [1.29, 1.82) is 0 Å². The van der Waals surface area contributed by atoms with E-state index in [2.05, 4.69) is 20.0 Å². The van der Waals surface area contributed by atoms with Gasteiger partial charge in [0.05, 0.1) is 30.9 Å². The maximum atomic E-state index is 13.3. The third-order valence-corrected chi connectivity index (χ3v) is 7.58. The average Bonchev–Trinajstić information content (AvgIpc) is 3.22. The molecule has 0 atom stereocenters. The highest BCUT2D eigenvalue weighted by Crippen LogP contribution is 2.35. The van der Waals surface area contributed by atoms with Gasteiger partial charge in [-0.15, -0.1) is 11.3 Å². The number of carboxylic acid groups (broad SMARTS) is 1. The van der Waals surface area contributed by atoms with E-state index in [9.17, 15) is 18.3 Å². The number of fused-ring (bicyclic) bond motifs is 1. The number of aromatic nitrogens is 2. The summed E-state index contributed by atoms with van der Waals surface area (Å²) in [7, 11) is -1.29. The van der Waals surface area contributed by atoms with E-state index in [0.717, 1.165) is 11.3 Å². The molecule has 34 heavy (non-hydrogen) atoms. The second-order valence-corrected chi connectivity index (χ2v) is 9.59. The molecule has 0 unspecified atom stereocenters. The number of hydrogen-bond donors (Lipinski definition) is 3. The molecule has 4 rings (SSSR count). The fourth-order valence-corrected chi connectivity index (χ4v) is 5.93. The second-order valence-electron chi connectivity index (χ2n) is 7.09. The fourth-order valence-electron chi connectivity index (χ4n) is 3.29. The lowest BCUT2D eigenvalue weighted by Gasteiger charge is -2.16. The summed E-state index contributed by atoms with van der Waals surface area (Å²) in [6.07, 6.45) is 0. The number of carbonyl (C=O) groups is 1. The minimum atomic E-state index is -4.31. The molecular formula is C22H20N4O6S2. The van der Waals surface area contributed by atoms with Crippen LogP contribution >= 0.6 is 11.3 Å². The molecule has 3 N–H and O–H groups in total. The van der Waals surface area contributed by atoms with Crippen LogP contribution in [0.1, 0.15) is 15.2 Å². The molecule has 0 aliphatic carbocycles. The van der Waals surface area contributed by atoms with Gasteiger partial charge in [-0.25, -0.2) is 23.2 Å². The Hall–Kier alpha value is -3.90. The highest BCUT2D eigenvalue weighted by molar-refractivity contribution is 7.93. The largest absolute Gasteiger partial charge is 0.497 e. The second kappa shape index (κ2) is 9.15. The van der Waals surface area contributed by atoms with E-state index in [4.69, 9.17) is 9.47 Å². The smallest absolute Gasteiger partial charge is 0.347 e. The maximum Gasteiger partial charge on any atom is 0.347 e. The number of aryl methyl sites for hydroxylation is 1. The summed E-state index contributed by atoms with van der Waals surface area (Å²) in [5.41, 5.74) is 1.74. The molecule has 10 nitrogen and oxygen atoms in total. The number of para-hydroxylation sites is 2. The standard InChI is InChI=1S/C22H20N4O6S2/c1-12-11-33-18(22(27)28)19(12)34(29,30)26-21-20(23-14-6-4-5-7-15(14)24-21)25-16-10-13(31-2)8-9-17(16)32-3/h4-11H,1-3H3,(H,23,25)(H,24,26)(H,27,28). The number of nitrogens with one attached hydrogen (secondary N) is 2. The molecule has 176 valence electrons. The van der Waals surface area contributed by atoms with Crippen LogP contribution in [0.15, 0.2) is 52.7 Å². The van der Waals surface area contributed by atoms with Gasteiger partial charge in [-0.3, -0.25) is 4.72 Å². The zero-order valence-electron chi connectivity index (χ0n) is 18.3. The van der Waals surface area contributed by atoms with Gasteiger partial charge in [0, 0.05) is 6.07 Å². The lowest BCUT2D eigenvalue weighted by atomic mass is 10.2. The molecular weight excluding hydrogens is 480 g/mol. The van der Waals surface area contributed by atoms with E-state index in [1.54, 1.807) is 42.5 Å². The number of carboxylic acids is 1. The number of rotatable bonds is 8. The molecule has 12 heteroatoms. The van der Waals surface area contributed by atoms with Crippen molar-refractivity contribution in [2.75, 3.05) is 24.3 Å². The Morgan fingerprint density at radius 3 is 2.32 bits per heavy atom. The molecule has 0 radical (unpaired) electrons. The monoisotopic (exact) mass is 500 g/mol. The van der Waals surface area contributed by atoms with Crippen molar-refractivity contribution in [2.24, 2.45) is 0 Å². The zero-order chi connectivity index (χ0) is 24.5. The quantitative estimate of drug-likeness (QED) is 0.324. The normalized spacial score (nSPS) is 11.3. The van der Waals surface area contributed by atoms with Gasteiger partial charge in [0.15, 0.2) is 11.6 Å². The molecule has 0 aliphatic heterocycles. The predicted octanol–water partition coefficient (Wildman–Crippen LogP) is 4.26. The molecule has 0 aliphatic rings. The van der Waals surface area contributed by atoms with Crippen LogP contribution in [-0.4, -0.2) is 43.7 Å². The molecule has 0 amide bonds. The van der Waals surface area contributed by atoms with E-state index in [0.29, 0.717) is 33.8 Å². The van der Waals surface area contributed by atoms with Crippen molar-refractivity contribution in [3.8, 4) is 11.5 Å². The van der Waals surface area contributed by atoms with Crippen LogP contribution in [-0.2, 0) is 10.0 Å². The van der Waals surface area contributed by atoms with Gasteiger partial charge in [0.2, 0.25) is 0 Å². The van der Waals surface area contributed by atoms with Crippen LogP contribution in [0.3, 0.4) is 0 Å². The SMILES string of the molecule is COc1ccc(OC)c(Nc2nc3ccccc3nc2NS(=O)(=O)c2c(C)csc2C(=O)O)c1. The lowest BCUT2D eigenvalue weighted by molar-refractivity contribution is 0.0698. The molecule has 0 saturated heterocycles. The van der Waals surface area contributed by atoms with Gasteiger partial charge in [-0.1, -0.05) is 12.1 Å². The van der Waals surface area contributed by atoms with Crippen molar-refractivity contribution >= 4 is 55.7 Å². The van der Waals surface area contributed by atoms with Gasteiger partial charge < -0.3 is 19.9 Å². The Labute approximate surface area is 199 Å².